The van der Waals surface area contributed by atoms with Crippen molar-refractivity contribution in [3.05, 3.63) is 92.3 Å². The number of halogens is 1. The quantitative estimate of drug-likeness (QED) is 0.338. The van der Waals surface area contributed by atoms with Gasteiger partial charge in [-0.25, -0.2) is 4.99 Å². The van der Waals surface area contributed by atoms with Crippen LogP contribution in [0.15, 0.2) is 70.2 Å². The second kappa shape index (κ2) is 9.62. The van der Waals surface area contributed by atoms with Crippen molar-refractivity contribution in [2.45, 2.75) is 26.9 Å². The Morgan fingerprint density at radius 3 is 2.62 bits per heavy atom. The van der Waals surface area contributed by atoms with E-state index in [1.165, 1.54) is 0 Å². The topological polar surface area (TPSA) is 87.7 Å². The van der Waals surface area contributed by atoms with Crippen LogP contribution in [0.4, 0.5) is 11.4 Å². The van der Waals surface area contributed by atoms with E-state index in [1.54, 1.807) is 12.3 Å². The molecule has 0 aliphatic rings. The van der Waals surface area contributed by atoms with Crippen LogP contribution in [0.3, 0.4) is 0 Å². The number of hydrogen-bond donors (Lipinski definition) is 2. The summed E-state index contributed by atoms with van der Waals surface area (Å²) in [4.78, 5) is 22.3. The number of pyridine rings is 1. The van der Waals surface area contributed by atoms with Gasteiger partial charge in [0, 0.05) is 26.4 Å². The third-order valence-corrected chi connectivity index (χ3v) is 5.88. The first-order valence-electron chi connectivity index (χ1n) is 10.2. The van der Waals surface area contributed by atoms with E-state index in [-0.39, 0.29) is 23.6 Å². The van der Waals surface area contributed by atoms with Crippen molar-refractivity contribution >= 4 is 50.8 Å². The number of aromatic nitrogens is 1. The maximum absolute atomic E-state index is 13.3. The van der Waals surface area contributed by atoms with Crippen LogP contribution >= 0.6 is 22.6 Å². The molecule has 0 atom stereocenters. The fraction of sp³-hybridized carbons (Fsp3) is 0.160. The number of nitrogens with one attached hydrogen (secondary N) is 1. The van der Waals surface area contributed by atoms with Crippen LogP contribution < -0.4 is 10.9 Å². The first-order chi connectivity index (χ1) is 15.5. The number of aliphatic hydroxyl groups is 1. The third-order valence-electron chi connectivity index (χ3n) is 5.16. The van der Waals surface area contributed by atoms with Gasteiger partial charge >= 0.3 is 0 Å². The molecule has 0 aliphatic carbocycles. The van der Waals surface area contributed by atoms with Crippen LogP contribution in [0.25, 0.3) is 11.0 Å². The lowest BCUT2D eigenvalue weighted by Gasteiger charge is -2.10. The largest absolute Gasteiger partial charge is 0.436 e. The molecule has 0 bridgehead atoms. The maximum atomic E-state index is 13.3. The number of fused-ring (bicyclic) bond motifs is 1. The number of carbonyl (C=O) groups is 1. The van der Waals surface area contributed by atoms with Gasteiger partial charge in [-0.1, -0.05) is 25.1 Å². The van der Waals surface area contributed by atoms with Crippen molar-refractivity contribution in [1.29, 1.82) is 0 Å². The number of amides is 1. The van der Waals surface area contributed by atoms with Gasteiger partial charge in [-0.05, 0) is 77.9 Å². The molecule has 162 valence electrons. The molecule has 7 heteroatoms. The number of hydrogen-bond acceptors (Lipinski definition) is 5. The molecule has 4 aromatic rings. The Bertz CT molecular complexity index is 1360. The molecule has 0 spiro atoms. The summed E-state index contributed by atoms with van der Waals surface area (Å²) in [6.45, 7) is 3.66. The summed E-state index contributed by atoms with van der Waals surface area (Å²) in [5.41, 5.74) is 4.67. The van der Waals surface area contributed by atoms with Crippen molar-refractivity contribution in [2.24, 2.45) is 4.99 Å². The first-order valence-corrected chi connectivity index (χ1v) is 11.3. The Morgan fingerprint density at radius 1 is 1.16 bits per heavy atom. The summed E-state index contributed by atoms with van der Waals surface area (Å²) in [5.74, 6) is -0.344. The summed E-state index contributed by atoms with van der Waals surface area (Å²) >= 11 is 2.21. The van der Waals surface area contributed by atoms with E-state index in [2.05, 4.69) is 39.8 Å². The first kappa shape index (κ1) is 22.2. The van der Waals surface area contributed by atoms with Crippen molar-refractivity contribution in [2.75, 3.05) is 5.32 Å². The summed E-state index contributed by atoms with van der Waals surface area (Å²) in [6.07, 6.45) is 2.39. The molecule has 2 aromatic heterocycles. The van der Waals surface area contributed by atoms with Gasteiger partial charge in [-0.2, -0.15) is 0 Å². The molecule has 0 aliphatic heterocycles. The minimum absolute atomic E-state index is 0.196. The van der Waals surface area contributed by atoms with Gasteiger partial charge in [0.25, 0.3) is 5.91 Å². The number of nitrogens with zero attached hydrogens (tertiary/aromatic N) is 2. The molecule has 1 amide bonds. The fourth-order valence-corrected chi connectivity index (χ4v) is 3.78. The van der Waals surface area contributed by atoms with Gasteiger partial charge in [-0.3, -0.25) is 9.78 Å². The van der Waals surface area contributed by atoms with Crippen molar-refractivity contribution < 1.29 is 14.3 Å². The van der Waals surface area contributed by atoms with E-state index in [0.717, 1.165) is 21.2 Å². The molecule has 0 unspecified atom stereocenters. The highest BCUT2D eigenvalue weighted by Crippen LogP contribution is 2.23. The molecule has 0 saturated carbocycles. The molecular weight excluding hydrogens is 517 g/mol. The minimum atomic E-state index is -0.344. The second-order valence-corrected chi connectivity index (χ2v) is 8.54. The number of para-hydroxylation sites is 1. The summed E-state index contributed by atoms with van der Waals surface area (Å²) in [7, 11) is 0. The van der Waals surface area contributed by atoms with E-state index in [1.807, 2.05) is 55.5 Å². The predicted molar refractivity (Wildman–Crippen MR) is 133 cm³/mol. The van der Waals surface area contributed by atoms with Crippen LogP contribution in [0.5, 0.6) is 0 Å². The summed E-state index contributed by atoms with van der Waals surface area (Å²) < 4.78 is 7.22. The van der Waals surface area contributed by atoms with Crippen LogP contribution in [0, 0.1) is 10.5 Å². The Hall–Kier alpha value is -3.04. The molecule has 32 heavy (non-hydrogen) atoms. The SMILES string of the molecule is CCc1ccccc1N=c1oc2c(C)ncc(CO)c2cc1C(=O)Nc1ccc(I)cc1. The maximum Gasteiger partial charge on any atom is 0.261 e. The number of aryl methyl sites for hydroxylation is 2. The Balaban J connectivity index is 1.94. The molecule has 6 nitrogen and oxygen atoms in total. The zero-order valence-electron chi connectivity index (χ0n) is 17.7. The van der Waals surface area contributed by atoms with Crippen molar-refractivity contribution in [3.8, 4) is 0 Å². The summed E-state index contributed by atoms with van der Waals surface area (Å²) in [6, 6.07) is 17.0. The van der Waals surface area contributed by atoms with Crippen molar-refractivity contribution in [1.82, 2.24) is 4.98 Å². The van der Waals surface area contributed by atoms with Crippen LogP contribution in [-0.2, 0) is 13.0 Å². The van der Waals surface area contributed by atoms with Crippen molar-refractivity contribution in [3.63, 3.8) is 0 Å². The lowest BCUT2D eigenvalue weighted by Crippen LogP contribution is -2.22. The molecule has 4 rings (SSSR count). The van der Waals surface area contributed by atoms with Crippen LogP contribution in [0.2, 0.25) is 0 Å². The van der Waals surface area contributed by atoms with Crippen LogP contribution in [-0.4, -0.2) is 16.0 Å². The fourth-order valence-electron chi connectivity index (χ4n) is 3.42. The van der Waals surface area contributed by atoms with E-state index in [9.17, 15) is 9.90 Å². The summed E-state index contributed by atoms with van der Waals surface area (Å²) in [5, 5.41) is 13.3. The van der Waals surface area contributed by atoms with Gasteiger partial charge in [0.05, 0.1) is 18.0 Å². The zero-order valence-corrected chi connectivity index (χ0v) is 19.9. The average molecular weight is 539 g/mol. The molecule has 2 N–H and O–H groups in total. The molecule has 0 radical (unpaired) electrons. The Kier molecular flexibility index (Phi) is 6.66. The number of aliphatic hydroxyl groups excluding tert-OH is 1. The highest BCUT2D eigenvalue weighted by molar-refractivity contribution is 14.1. The smallest absolute Gasteiger partial charge is 0.261 e. The lowest BCUT2D eigenvalue weighted by atomic mass is 10.1. The third kappa shape index (κ3) is 4.58. The lowest BCUT2D eigenvalue weighted by molar-refractivity contribution is 0.102. The van der Waals surface area contributed by atoms with Gasteiger partial charge in [0.1, 0.15) is 5.56 Å². The van der Waals surface area contributed by atoms with E-state index in [0.29, 0.717) is 27.9 Å². The average Bonchev–Trinajstić information content (AvgIpc) is 2.81. The van der Waals surface area contributed by atoms with E-state index in [4.69, 9.17) is 9.41 Å². The minimum Gasteiger partial charge on any atom is -0.436 e. The highest BCUT2D eigenvalue weighted by atomic mass is 127. The molecule has 2 aromatic carbocycles. The Morgan fingerprint density at radius 2 is 1.91 bits per heavy atom. The van der Waals surface area contributed by atoms with Gasteiger partial charge in [0.2, 0.25) is 5.55 Å². The monoisotopic (exact) mass is 539 g/mol. The second-order valence-electron chi connectivity index (χ2n) is 7.29. The number of benzene rings is 2. The number of anilines is 1. The molecule has 2 heterocycles. The molecule has 0 fully saturated rings. The molecule has 0 saturated heterocycles. The number of rotatable bonds is 5. The van der Waals surface area contributed by atoms with Gasteiger partial charge in [-0.15, -0.1) is 0 Å². The van der Waals surface area contributed by atoms with Crippen LogP contribution in [0.1, 0.15) is 34.1 Å². The normalized spacial score (nSPS) is 11.7. The predicted octanol–water partition coefficient (Wildman–Crippen LogP) is 5.28. The zero-order chi connectivity index (χ0) is 22.7. The van der Waals surface area contributed by atoms with E-state index >= 15 is 0 Å². The standard InChI is InChI=1S/C25H22IN3O3/c1-3-16-6-4-5-7-22(16)29-25-21(24(31)28-19-10-8-18(26)9-11-19)12-20-17(14-30)13-27-15(2)23(20)32-25/h4-13,30H,3,14H2,1-2H3,(H,28,31). The molecular formula is C25H22IN3O3. The highest BCUT2D eigenvalue weighted by Gasteiger charge is 2.17. The van der Waals surface area contributed by atoms with E-state index < -0.39 is 0 Å². The Labute approximate surface area is 199 Å². The van der Waals surface area contributed by atoms with Gasteiger partial charge in [0.15, 0.2) is 5.58 Å². The number of carbonyl (C=O) groups excluding carboxylic acids is 1. The van der Waals surface area contributed by atoms with Gasteiger partial charge < -0.3 is 14.8 Å².